The maximum Gasteiger partial charge on any atom is 0.254 e. The number of carbonyl (C=O) groups is 1. The molecule has 1 amide bonds. The standard InChI is InChI=1S/C12H16N2O3/c13-6-8-3-4-14(7-8)12(17)9-1-2-10(15)11(16)5-9/h1-2,5,8,15-16H,3-4,6-7,13H2. The summed E-state index contributed by atoms with van der Waals surface area (Å²) < 4.78 is 0. The van der Waals surface area contributed by atoms with Crippen LogP contribution in [-0.4, -0.2) is 40.7 Å². The molecule has 5 heteroatoms. The van der Waals surface area contributed by atoms with Crippen molar-refractivity contribution in [2.45, 2.75) is 6.42 Å². The van der Waals surface area contributed by atoms with E-state index in [-0.39, 0.29) is 17.4 Å². The molecule has 1 aliphatic heterocycles. The van der Waals surface area contributed by atoms with Crippen LogP contribution < -0.4 is 5.73 Å². The number of amides is 1. The lowest BCUT2D eigenvalue weighted by atomic mass is 10.1. The third-order valence-corrected chi connectivity index (χ3v) is 3.13. The second kappa shape index (κ2) is 4.63. The summed E-state index contributed by atoms with van der Waals surface area (Å²) in [5.41, 5.74) is 5.95. The Morgan fingerprint density at radius 2 is 2.18 bits per heavy atom. The first-order valence-corrected chi connectivity index (χ1v) is 5.63. The average molecular weight is 236 g/mol. The van der Waals surface area contributed by atoms with E-state index in [1.165, 1.54) is 18.2 Å². The van der Waals surface area contributed by atoms with Crippen LogP contribution in [0.3, 0.4) is 0 Å². The maximum absolute atomic E-state index is 12.1. The molecule has 0 aromatic heterocycles. The quantitative estimate of drug-likeness (QED) is 0.653. The molecule has 2 rings (SSSR count). The second-order valence-electron chi connectivity index (χ2n) is 4.35. The van der Waals surface area contributed by atoms with Gasteiger partial charge in [0.2, 0.25) is 0 Å². The Bertz CT molecular complexity index is 434. The first-order chi connectivity index (χ1) is 8.11. The summed E-state index contributed by atoms with van der Waals surface area (Å²) in [6.45, 7) is 1.95. The van der Waals surface area contributed by atoms with Gasteiger partial charge in [0.15, 0.2) is 11.5 Å². The van der Waals surface area contributed by atoms with Gasteiger partial charge in [-0.1, -0.05) is 0 Å². The Morgan fingerprint density at radius 1 is 1.41 bits per heavy atom. The minimum Gasteiger partial charge on any atom is -0.504 e. The number of aromatic hydroxyl groups is 2. The van der Waals surface area contributed by atoms with E-state index in [1.54, 1.807) is 4.90 Å². The molecule has 5 nitrogen and oxygen atoms in total. The molecule has 1 aromatic carbocycles. The summed E-state index contributed by atoms with van der Waals surface area (Å²) >= 11 is 0. The van der Waals surface area contributed by atoms with Crippen LogP contribution in [0.5, 0.6) is 11.5 Å². The predicted molar refractivity (Wildman–Crippen MR) is 62.8 cm³/mol. The van der Waals surface area contributed by atoms with Crippen molar-refractivity contribution in [1.29, 1.82) is 0 Å². The van der Waals surface area contributed by atoms with Crippen molar-refractivity contribution in [3.05, 3.63) is 23.8 Å². The van der Waals surface area contributed by atoms with Crippen molar-refractivity contribution in [3.63, 3.8) is 0 Å². The topological polar surface area (TPSA) is 86.8 Å². The highest BCUT2D eigenvalue weighted by molar-refractivity contribution is 5.95. The van der Waals surface area contributed by atoms with E-state index in [1.807, 2.05) is 0 Å². The van der Waals surface area contributed by atoms with Crippen molar-refractivity contribution in [2.75, 3.05) is 19.6 Å². The molecule has 1 atom stereocenters. The summed E-state index contributed by atoms with van der Waals surface area (Å²) in [6, 6.07) is 4.11. The summed E-state index contributed by atoms with van der Waals surface area (Å²) in [6.07, 6.45) is 0.923. The summed E-state index contributed by atoms with van der Waals surface area (Å²) in [5, 5.41) is 18.5. The van der Waals surface area contributed by atoms with Crippen molar-refractivity contribution in [1.82, 2.24) is 4.90 Å². The number of nitrogens with two attached hydrogens (primary N) is 1. The molecular formula is C12H16N2O3. The van der Waals surface area contributed by atoms with Gasteiger partial charge >= 0.3 is 0 Å². The number of nitrogens with zero attached hydrogens (tertiary/aromatic N) is 1. The van der Waals surface area contributed by atoms with Gasteiger partial charge in [-0.3, -0.25) is 4.79 Å². The summed E-state index contributed by atoms with van der Waals surface area (Å²) in [5.74, 6) is -0.255. The number of carbonyl (C=O) groups excluding carboxylic acids is 1. The van der Waals surface area contributed by atoms with Crippen LogP contribution >= 0.6 is 0 Å². The molecule has 92 valence electrons. The van der Waals surface area contributed by atoms with Gasteiger partial charge in [-0.25, -0.2) is 0 Å². The maximum atomic E-state index is 12.1. The second-order valence-corrected chi connectivity index (χ2v) is 4.35. The molecule has 0 bridgehead atoms. The van der Waals surface area contributed by atoms with E-state index in [2.05, 4.69) is 0 Å². The van der Waals surface area contributed by atoms with Gasteiger partial charge in [0, 0.05) is 18.7 Å². The Hall–Kier alpha value is -1.75. The van der Waals surface area contributed by atoms with Gasteiger partial charge in [-0.05, 0) is 37.1 Å². The monoisotopic (exact) mass is 236 g/mol. The fraction of sp³-hybridized carbons (Fsp3) is 0.417. The van der Waals surface area contributed by atoms with Crippen LogP contribution in [0.4, 0.5) is 0 Å². The fourth-order valence-electron chi connectivity index (χ4n) is 2.05. The number of benzene rings is 1. The average Bonchev–Trinajstić information content (AvgIpc) is 2.80. The smallest absolute Gasteiger partial charge is 0.254 e. The number of likely N-dealkylation sites (tertiary alicyclic amines) is 1. The van der Waals surface area contributed by atoms with Crippen LogP contribution in [0, 0.1) is 5.92 Å². The molecule has 0 radical (unpaired) electrons. The van der Waals surface area contributed by atoms with Gasteiger partial charge in [0.25, 0.3) is 5.91 Å². The third-order valence-electron chi connectivity index (χ3n) is 3.13. The van der Waals surface area contributed by atoms with Gasteiger partial charge in [0.05, 0.1) is 0 Å². The van der Waals surface area contributed by atoms with Gasteiger partial charge in [-0.15, -0.1) is 0 Å². The van der Waals surface area contributed by atoms with E-state index in [4.69, 9.17) is 5.73 Å². The van der Waals surface area contributed by atoms with Crippen molar-refractivity contribution < 1.29 is 15.0 Å². The number of rotatable bonds is 2. The molecule has 1 aromatic rings. The predicted octanol–water partition coefficient (Wildman–Crippen LogP) is 0.519. The summed E-state index contributed by atoms with van der Waals surface area (Å²) in [4.78, 5) is 13.8. The highest BCUT2D eigenvalue weighted by Gasteiger charge is 2.26. The Balaban J connectivity index is 2.12. The van der Waals surface area contributed by atoms with E-state index < -0.39 is 0 Å². The Morgan fingerprint density at radius 3 is 2.76 bits per heavy atom. The zero-order valence-electron chi connectivity index (χ0n) is 9.47. The third kappa shape index (κ3) is 2.34. The number of phenolic OH excluding ortho intramolecular Hbond substituents is 2. The minimum absolute atomic E-state index is 0.128. The van der Waals surface area contributed by atoms with E-state index >= 15 is 0 Å². The number of hydrogen-bond donors (Lipinski definition) is 3. The van der Waals surface area contributed by atoms with Crippen molar-refractivity contribution in [2.24, 2.45) is 11.7 Å². The molecule has 1 saturated heterocycles. The van der Waals surface area contributed by atoms with Gasteiger partial charge in [0.1, 0.15) is 0 Å². The molecule has 0 saturated carbocycles. The first-order valence-electron chi connectivity index (χ1n) is 5.63. The first kappa shape index (κ1) is 11.7. The normalized spacial score (nSPS) is 19.6. The summed E-state index contributed by atoms with van der Waals surface area (Å²) in [7, 11) is 0. The number of phenols is 2. The van der Waals surface area contributed by atoms with Gasteiger partial charge in [-0.2, -0.15) is 0 Å². The highest BCUT2D eigenvalue weighted by atomic mass is 16.3. The molecular weight excluding hydrogens is 220 g/mol. The van der Waals surface area contributed by atoms with Crippen LogP contribution in [0.2, 0.25) is 0 Å². The molecule has 1 fully saturated rings. The molecule has 1 unspecified atom stereocenters. The number of hydrogen-bond acceptors (Lipinski definition) is 4. The lowest BCUT2D eigenvalue weighted by Gasteiger charge is -2.16. The van der Waals surface area contributed by atoms with E-state index in [0.29, 0.717) is 31.1 Å². The zero-order valence-corrected chi connectivity index (χ0v) is 9.47. The van der Waals surface area contributed by atoms with Crippen LogP contribution in [0.1, 0.15) is 16.8 Å². The van der Waals surface area contributed by atoms with Crippen molar-refractivity contribution in [3.8, 4) is 11.5 Å². The van der Waals surface area contributed by atoms with Crippen LogP contribution in [-0.2, 0) is 0 Å². The molecule has 4 N–H and O–H groups in total. The molecule has 0 spiro atoms. The van der Waals surface area contributed by atoms with E-state index in [9.17, 15) is 15.0 Å². The van der Waals surface area contributed by atoms with Gasteiger partial charge < -0.3 is 20.8 Å². The molecule has 1 heterocycles. The SMILES string of the molecule is NCC1CCN(C(=O)c2ccc(O)c(O)c2)C1. The molecule has 1 aliphatic rings. The van der Waals surface area contributed by atoms with Crippen molar-refractivity contribution >= 4 is 5.91 Å². The minimum atomic E-state index is -0.273. The molecule has 17 heavy (non-hydrogen) atoms. The highest BCUT2D eigenvalue weighted by Crippen LogP contribution is 2.26. The van der Waals surface area contributed by atoms with Crippen LogP contribution in [0.15, 0.2) is 18.2 Å². The lowest BCUT2D eigenvalue weighted by molar-refractivity contribution is 0.0787. The fourth-order valence-corrected chi connectivity index (χ4v) is 2.05. The molecule has 0 aliphatic carbocycles. The Labute approximate surface area is 99.5 Å². The van der Waals surface area contributed by atoms with Crippen LogP contribution in [0.25, 0.3) is 0 Å². The lowest BCUT2D eigenvalue weighted by Crippen LogP contribution is -2.29. The Kier molecular flexibility index (Phi) is 3.19. The van der Waals surface area contributed by atoms with E-state index in [0.717, 1.165) is 6.42 Å². The largest absolute Gasteiger partial charge is 0.504 e. The zero-order chi connectivity index (χ0) is 12.4.